The Morgan fingerprint density at radius 1 is 0.891 bits per heavy atom. The van der Waals surface area contributed by atoms with Crippen LogP contribution in [0.5, 0.6) is 0 Å². The predicted molar refractivity (Wildman–Crippen MR) is 190 cm³/mol. The first-order chi connectivity index (χ1) is 21.6. The van der Waals surface area contributed by atoms with Crippen LogP contribution in [0, 0.1) is 24.7 Å². The highest BCUT2D eigenvalue weighted by Crippen LogP contribution is 2.12. The average Bonchev–Trinajstić information content (AvgIpc) is 3.43. The quantitative estimate of drug-likeness (QED) is 0.181. The van der Waals surface area contributed by atoms with Gasteiger partial charge < -0.3 is 26.4 Å². The van der Waals surface area contributed by atoms with E-state index >= 15 is 0 Å². The molecule has 10 nitrogen and oxygen atoms in total. The van der Waals surface area contributed by atoms with Crippen molar-refractivity contribution in [2.24, 2.45) is 17.8 Å². The molecule has 2 rings (SSSR count). The molecule has 46 heavy (non-hydrogen) atoms. The van der Waals surface area contributed by atoms with Crippen LogP contribution in [0.4, 0.5) is 0 Å². The number of amides is 4. The number of carbonyl (C=O) groups excluding carboxylic acids is 4. The van der Waals surface area contributed by atoms with E-state index in [0.29, 0.717) is 24.6 Å². The minimum absolute atomic E-state index is 0.0968. The number of hydrogen-bond donors (Lipinski definition) is 5. The third-order valence-corrected chi connectivity index (χ3v) is 6.53. The molecule has 0 spiro atoms. The summed E-state index contributed by atoms with van der Waals surface area (Å²) in [5, 5.41) is 24.0. The number of aromatic nitrogens is 1. The lowest BCUT2D eigenvalue weighted by atomic mass is 9.98. The van der Waals surface area contributed by atoms with E-state index in [9.17, 15) is 24.3 Å². The Morgan fingerprint density at radius 3 is 1.93 bits per heavy atom. The topological polar surface area (TPSA) is 150 Å². The van der Waals surface area contributed by atoms with Crippen LogP contribution in [0.15, 0.2) is 29.6 Å². The lowest BCUT2D eigenvalue weighted by Crippen LogP contribution is -2.44. The van der Waals surface area contributed by atoms with Crippen molar-refractivity contribution in [3.05, 3.63) is 51.5 Å². The Balaban J connectivity index is 0. The molecule has 11 heteroatoms. The van der Waals surface area contributed by atoms with Crippen molar-refractivity contribution < 1.29 is 24.3 Å². The molecule has 262 valence electrons. The Kier molecular flexibility index (Phi) is 25.2. The minimum Gasteiger partial charge on any atom is -0.391 e. The smallest absolute Gasteiger partial charge is 0.251 e. The number of hydrogen-bond acceptors (Lipinski definition) is 7. The van der Waals surface area contributed by atoms with Gasteiger partial charge in [0.2, 0.25) is 11.8 Å². The zero-order valence-corrected chi connectivity index (χ0v) is 31.1. The molecule has 0 radical (unpaired) electrons. The number of carbonyl (C=O) groups is 4. The van der Waals surface area contributed by atoms with E-state index in [-0.39, 0.29) is 36.3 Å². The number of aryl methyl sites for hydroxylation is 1. The van der Waals surface area contributed by atoms with Gasteiger partial charge in [-0.15, -0.1) is 11.3 Å². The van der Waals surface area contributed by atoms with Crippen LogP contribution in [0.1, 0.15) is 120 Å². The molecule has 1 heterocycles. The second kappa shape index (κ2) is 25.8. The van der Waals surface area contributed by atoms with Gasteiger partial charge in [0, 0.05) is 34.7 Å². The van der Waals surface area contributed by atoms with E-state index in [0.717, 1.165) is 16.6 Å². The van der Waals surface area contributed by atoms with Gasteiger partial charge >= 0.3 is 0 Å². The molecule has 0 bridgehead atoms. The Morgan fingerprint density at radius 2 is 1.43 bits per heavy atom. The number of aliphatic hydroxyl groups is 1. The fourth-order valence-electron chi connectivity index (χ4n) is 3.33. The molecule has 0 saturated carbocycles. The van der Waals surface area contributed by atoms with Gasteiger partial charge in [-0.25, -0.2) is 4.98 Å². The molecule has 4 amide bonds. The van der Waals surface area contributed by atoms with Crippen LogP contribution in [0.3, 0.4) is 0 Å². The van der Waals surface area contributed by atoms with Crippen molar-refractivity contribution >= 4 is 35.0 Å². The van der Waals surface area contributed by atoms with Crippen molar-refractivity contribution in [1.82, 2.24) is 26.3 Å². The van der Waals surface area contributed by atoms with Crippen LogP contribution < -0.4 is 21.3 Å². The average molecular weight is 664 g/mol. The molecule has 3 unspecified atom stereocenters. The third-order valence-electron chi connectivity index (χ3n) is 5.56. The Hall–Kier alpha value is -3.31. The highest BCUT2D eigenvalue weighted by atomic mass is 32.1. The molecule has 1 aromatic heterocycles. The maximum atomic E-state index is 12.7. The summed E-state index contributed by atoms with van der Waals surface area (Å²) in [5.74, 6) is -0.832. The van der Waals surface area contributed by atoms with E-state index in [2.05, 4.69) is 60.9 Å². The van der Waals surface area contributed by atoms with Gasteiger partial charge in [0.25, 0.3) is 11.8 Å². The monoisotopic (exact) mass is 663 g/mol. The van der Waals surface area contributed by atoms with E-state index in [1.807, 2.05) is 40.0 Å². The fraction of sp³-hybridized carbons (Fsp3) is 0.629. The summed E-state index contributed by atoms with van der Waals surface area (Å²) in [7, 11) is 0. The standard InChI is InChI=1S/C26H37N5O5S.C4H10.C3H8.C2H6/c1-15(2)11-27-22(33)12-28-24(34)16(3)9-21(32)18(5)31-26(36)20-8-6-7-19(10-20)25(35)29-13-23-30-17(4)14-37-23;1-4(2)3;1-3-2;1-2/h6-8,10,14-16,18,21,32H,9,11-13H2,1-5H3,(H,27,33)(H,28,34)(H,29,35)(H,31,36);4H,1-3H3;3H2,1-2H3;1-2H3. The molecule has 3 atom stereocenters. The number of nitrogens with zero attached hydrogens (tertiary/aromatic N) is 1. The van der Waals surface area contributed by atoms with Gasteiger partial charge in [-0.3, -0.25) is 19.2 Å². The van der Waals surface area contributed by atoms with Gasteiger partial charge in [-0.2, -0.15) is 0 Å². The number of nitrogens with one attached hydrogen (secondary N) is 4. The second-order valence-corrected chi connectivity index (χ2v) is 12.9. The lowest BCUT2D eigenvalue weighted by molar-refractivity contribution is -0.129. The molecule has 0 saturated heterocycles. The summed E-state index contributed by atoms with van der Waals surface area (Å²) >= 11 is 1.46. The van der Waals surface area contributed by atoms with Crippen molar-refractivity contribution in [1.29, 1.82) is 0 Å². The number of rotatable bonds is 13. The summed E-state index contributed by atoms with van der Waals surface area (Å²) in [4.78, 5) is 53.6. The molecule has 2 aromatic rings. The maximum Gasteiger partial charge on any atom is 0.251 e. The molecular weight excluding hydrogens is 602 g/mol. The molecular formula is C35H61N5O5S. The van der Waals surface area contributed by atoms with Crippen LogP contribution >= 0.6 is 11.3 Å². The summed E-state index contributed by atoms with van der Waals surface area (Å²) in [6, 6.07) is 5.64. The highest BCUT2D eigenvalue weighted by Gasteiger charge is 2.24. The SMILES string of the molecule is CC.CC(C)C.CCC.Cc1csc(CNC(=O)c2cccc(C(=O)NC(C)C(O)CC(C)C(=O)NCC(=O)NCC(C)C)c2)n1. The zero-order chi connectivity index (χ0) is 35.8. The first-order valence-electron chi connectivity index (χ1n) is 16.4. The Bertz CT molecular complexity index is 1150. The van der Waals surface area contributed by atoms with Gasteiger partial charge in [0.1, 0.15) is 5.01 Å². The van der Waals surface area contributed by atoms with Gasteiger partial charge in [-0.05, 0) is 50.3 Å². The largest absolute Gasteiger partial charge is 0.391 e. The van der Waals surface area contributed by atoms with Crippen LogP contribution in [-0.4, -0.2) is 59.0 Å². The highest BCUT2D eigenvalue weighted by molar-refractivity contribution is 7.09. The number of thiazole rings is 1. The maximum absolute atomic E-state index is 12.7. The van der Waals surface area contributed by atoms with E-state index in [1.165, 1.54) is 23.8 Å². The van der Waals surface area contributed by atoms with Crippen molar-refractivity contribution in [2.45, 2.75) is 115 Å². The Labute approximate surface area is 281 Å². The van der Waals surface area contributed by atoms with Crippen LogP contribution in [-0.2, 0) is 16.1 Å². The second-order valence-electron chi connectivity index (χ2n) is 12.0. The molecule has 0 aliphatic carbocycles. The van der Waals surface area contributed by atoms with Crippen molar-refractivity contribution in [3.63, 3.8) is 0 Å². The van der Waals surface area contributed by atoms with Crippen molar-refractivity contribution in [2.75, 3.05) is 13.1 Å². The van der Waals surface area contributed by atoms with Gasteiger partial charge in [-0.1, -0.05) is 81.7 Å². The van der Waals surface area contributed by atoms with E-state index < -0.39 is 24.0 Å². The number of aliphatic hydroxyl groups excluding tert-OH is 1. The first kappa shape index (κ1) is 44.8. The third kappa shape index (κ3) is 21.4. The summed E-state index contributed by atoms with van der Waals surface area (Å²) < 4.78 is 0. The minimum atomic E-state index is -0.993. The molecule has 5 N–H and O–H groups in total. The summed E-state index contributed by atoms with van der Waals surface area (Å²) in [6.45, 7) is 24.6. The summed E-state index contributed by atoms with van der Waals surface area (Å²) in [5.41, 5.74) is 1.50. The lowest BCUT2D eigenvalue weighted by Gasteiger charge is -2.23. The van der Waals surface area contributed by atoms with Gasteiger partial charge in [0.05, 0.1) is 25.2 Å². The zero-order valence-electron chi connectivity index (χ0n) is 30.2. The fourth-order valence-corrected chi connectivity index (χ4v) is 4.04. The van der Waals surface area contributed by atoms with Gasteiger partial charge in [0.15, 0.2) is 0 Å². The number of benzene rings is 1. The van der Waals surface area contributed by atoms with E-state index in [4.69, 9.17) is 0 Å². The van der Waals surface area contributed by atoms with E-state index in [1.54, 1.807) is 32.0 Å². The molecule has 0 aliphatic heterocycles. The van der Waals surface area contributed by atoms with Crippen LogP contribution in [0.2, 0.25) is 0 Å². The molecule has 1 aromatic carbocycles. The molecule has 0 aliphatic rings. The predicted octanol–water partition coefficient (Wildman–Crippen LogP) is 5.88. The van der Waals surface area contributed by atoms with Crippen molar-refractivity contribution in [3.8, 4) is 0 Å². The normalized spacial score (nSPS) is 12.1. The summed E-state index contributed by atoms with van der Waals surface area (Å²) in [6.07, 6.45) is 0.354. The van der Waals surface area contributed by atoms with Crippen LogP contribution in [0.25, 0.3) is 0 Å². The molecule has 0 fully saturated rings. The first-order valence-corrected chi connectivity index (χ1v) is 17.3.